The number of amides is 1. The second-order valence-corrected chi connectivity index (χ2v) is 3.15. The fourth-order valence-electron chi connectivity index (χ4n) is 1.39. The van der Waals surface area contributed by atoms with E-state index in [1.165, 1.54) is 6.08 Å². The van der Waals surface area contributed by atoms with Gasteiger partial charge < -0.3 is 5.32 Å². The van der Waals surface area contributed by atoms with Gasteiger partial charge in [-0.15, -0.1) is 0 Å². The zero-order chi connectivity index (χ0) is 9.68. The van der Waals surface area contributed by atoms with Crippen molar-refractivity contribution in [2.24, 2.45) is 0 Å². The van der Waals surface area contributed by atoms with Crippen LogP contribution >= 0.6 is 0 Å². The lowest BCUT2D eigenvalue weighted by molar-refractivity contribution is -0.117. The predicted molar refractivity (Wildman–Crippen MR) is 45.6 cm³/mol. The van der Waals surface area contributed by atoms with Crippen molar-refractivity contribution in [2.45, 2.75) is 32.1 Å². The summed E-state index contributed by atoms with van der Waals surface area (Å²) in [7, 11) is 0. The molecular weight excluding hydrogens is 176 g/mol. The van der Waals surface area contributed by atoms with Gasteiger partial charge in [-0.05, 0) is 25.7 Å². The molecule has 0 unspecified atom stereocenters. The standard InChI is InChI=1S/C9H13F2NO/c10-8(11)6-12-9(13)5-7-3-1-2-4-7/h5,8H,1-4,6H2,(H,12,13). The van der Waals surface area contributed by atoms with E-state index >= 15 is 0 Å². The van der Waals surface area contributed by atoms with E-state index < -0.39 is 18.9 Å². The average molecular weight is 189 g/mol. The molecule has 0 aromatic carbocycles. The molecular formula is C9H13F2NO. The van der Waals surface area contributed by atoms with E-state index in [1.54, 1.807) is 0 Å². The second-order valence-electron chi connectivity index (χ2n) is 3.15. The Balaban J connectivity index is 2.27. The van der Waals surface area contributed by atoms with E-state index in [1.807, 2.05) is 0 Å². The molecule has 13 heavy (non-hydrogen) atoms. The molecule has 2 nitrogen and oxygen atoms in total. The van der Waals surface area contributed by atoms with Crippen LogP contribution in [-0.4, -0.2) is 18.9 Å². The normalized spacial score (nSPS) is 16.4. The van der Waals surface area contributed by atoms with Gasteiger partial charge in [-0.2, -0.15) is 0 Å². The molecule has 1 rings (SSSR count). The number of allylic oxidation sites excluding steroid dienone is 1. The van der Waals surface area contributed by atoms with Crippen molar-refractivity contribution in [3.63, 3.8) is 0 Å². The lowest BCUT2D eigenvalue weighted by atomic mass is 10.2. The quantitative estimate of drug-likeness (QED) is 0.674. The first kappa shape index (κ1) is 10.2. The van der Waals surface area contributed by atoms with Crippen molar-refractivity contribution < 1.29 is 13.6 Å². The third-order valence-electron chi connectivity index (χ3n) is 2.01. The summed E-state index contributed by atoms with van der Waals surface area (Å²) in [6.45, 7) is -0.553. The van der Waals surface area contributed by atoms with Crippen LogP contribution in [0.2, 0.25) is 0 Å². The van der Waals surface area contributed by atoms with Gasteiger partial charge in [0.1, 0.15) is 0 Å². The highest BCUT2D eigenvalue weighted by Crippen LogP contribution is 2.23. The molecule has 1 aliphatic carbocycles. The van der Waals surface area contributed by atoms with Crippen molar-refractivity contribution in [1.82, 2.24) is 5.32 Å². The Morgan fingerprint density at radius 3 is 2.62 bits per heavy atom. The fraction of sp³-hybridized carbons (Fsp3) is 0.667. The van der Waals surface area contributed by atoms with Gasteiger partial charge in [-0.1, -0.05) is 5.57 Å². The summed E-state index contributed by atoms with van der Waals surface area (Å²) in [5.41, 5.74) is 1.08. The van der Waals surface area contributed by atoms with Gasteiger partial charge in [0.25, 0.3) is 6.43 Å². The fourth-order valence-corrected chi connectivity index (χ4v) is 1.39. The Kier molecular flexibility index (Phi) is 3.86. The summed E-state index contributed by atoms with van der Waals surface area (Å²) in [5, 5.41) is 2.14. The number of alkyl halides is 2. The molecule has 0 saturated heterocycles. The van der Waals surface area contributed by atoms with Crippen molar-refractivity contribution >= 4 is 5.91 Å². The number of hydrogen-bond acceptors (Lipinski definition) is 1. The van der Waals surface area contributed by atoms with Gasteiger partial charge in [-0.3, -0.25) is 4.79 Å². The first-order valence-corrected chi connectivity index (χ1v) is 4.44. The minimum absolute atomic E-state index is 0.391. The Morgan fingerprint density at radius 2 is 2.08 bits per heavy atom. The minimum atomic E-state index is -2.47. The second kappa shape index (κ2) is 4.94. The van der Waals surface area contributed by atoms with Crippen LogP contribution in [0.25, 0.3) is 0 Å². The summed E-state index contributed by atoms with van der Waals surface area (Å²) in [6.07, 6.45) is 3.06. The lowest BCUT2D eigenvalue weighted by Gasteiger charge is -2.00. The van der Waals surface area contributed by atoms with Crippen molar-refractivity contribution in [2.75, 3.05) is 6.54 Å². The third-order valence-corrected chi connectivity index (χ3v) is 2.01. The maximum atomic E-state index is 11.7. The summed E-state index contributed by atoms with van der Waals surface area (Å²) in [4.78, 5) is 11.0. The van der Waals surface area contributed by atoms with Crippen LogP contribution in [0.15, 0.2) is 11.6 Å². The van der Waals surface area contributed by atoms with Crippen LogP contribution in [0, 0.1) is 0 Å². The average Bonchev–Trinajstić information content (AvgIpc) is 2.53. The van der Waals surface area contributed by atoms with Crippen LogP contribution in [0.1, 0.15) is 25.7 Å². The summed E-state index contributed by atoms with van der Waals surface area (Å²) in [5.74, 6) is -0.391. The number of nitrogens with one attached hydrogen (secondary N) is 1. The maximum Gasteiger partial charge on any atom is 0.255 e. The number of hydrogen-bond donors (Lipinski definition) is 1. The highest BCUT2D eigenvalue weighted by atomic mass is 19.3. The van der Waals surface area contributed by atoms with E-state index in [4.69, 9.17) is 0 Å². The maximum absolute atomic E-state index is 11.7. The lowest BCUT2D eigenvalue weighted by Crippen LogP contribution is -2.26. The molecule has 74 valence electrons. The minimum Gasteiger partial charge on any atom is -0.347 e. The van der Waals surface area contributed by atoms with E-state index in [-0.39, 0.29) is 0 Å². The summed E-state index contributed by atoms with van der Waals surface area (Å²) < 4.78 is 23.3. The molecule has 0 bridgehead atoms. The molecule has 1 aliphatic rings. The molecule has 1 saturated carbocycles. The zero-order valence-corrected chi connectivity index (χ0v) is 7.35. The first-order chi connectivity index (χ1) is 6.18. The molecule has 0 aliphatic heterocycles. The molecule has 0 heterocycles. The molecule has 0 aromatic rings. The molecule has 1 N–H and O–H groups in total. The van der Waals surface area contributed by atoms with E-state index in [2.05, 4.69) is 5.32 Å². The summed E-state index contributed by atoms with van der Waals surface area (Å²) in [6, 6.07) is 0. The molecule has 0 aromatic heterocycles. The zero-order valence-electron chi connectivity index (χ0n) is 7.35. The van der Waals surface area contributed by atoms with Crippen LogP contribution in [0.4, 0.5) is 8.78 Å². The van der Waals surface area contributed by atoms with Crippen molar-refractivity contribution in [1.29, 1.82) is 0 Å². The molecule has 1 fully saturated rings. The van der Waals surface area contributed by atoms with Crippen LogP contribution < -0.4 is 5.32 Å². The van der Waals surface area contributed by atoms with Gasteiger partial charge >= 0.3 is 0 Å². The van der Waals surface area contributed by atoms with Gasteiger partial charge in [0, 0.05) is 6.08 Å². The molecule has 0 radical (unpaired) electrons. The Bertz CT molecular complexity index is 206. The first-order valence-electron chi connectivity index (χ1n) is 4.44. The smallest absolute Gasteiger partial charge is 0.255 e. The topological polar surface area (TPSA) is 29.1 Å². The van der Waals surface area contributed by atoms with Crippen molar-refractivity contribution in [3.05, 3.63) is 11.6 Å². The van der Waals surface area contributed by atoms with Crippen LogP contribution in [0.5, 0.6) is 0 Å². The predicted octanol–water partition coefficient (Wildman–Crippen LogP) is 1.87. The van der Waals surface area contributed by atoms with Crippen LogP contribution in [0.3, 0.4) is 0 Å². The van der Waals surface area contributed by atoms with E-state index in [0.717, 1.165) is 31.3 Å². The van der Waals surface area contributed by atoms with Gasteiger partial charge in [-0.25, -0.2) is 8.78 Å². The molecule has 1 amide bonds. The van der Waals surface area contributed by atoms with E-state index in [0.29, 0.717) is 0 Å². The van der Waals surface area contributed by atoms with Crippen LogP contribution in [-0.2, 0) is 4.79 Å². The Morgan fingerprint density at radius 1 is 1.46 bits per heavy atom. The van der Waals surface area contributed by atoms with Gasteiger partial charge in [0.05, 0.1) is 6.54 Å². The van der Waals surface area contributed by atoms with E-state index in [9.17, 15) is 13.6 Å². The number of carbonyl (C=O) groups is 1. The Hall–Kier alpha value is -0.930. The molecule has 0 spiro atoms. The third kappa shape index (κ3) is 4.01. The largest absolute Gasteiger partial charge is 0.347 e. The highest BCUT2D eigenvalue weighted by Gasteiger charge is 2.09. The SMILES string of the molecule is O=C(C=C1CCCC1)NCC(F)F. The number of rotatable bonds is 3. The van der Waals surface area contributed by atoms with Gasteiger partial charge in [0.2, 0.25) is 5.91 Å². The summed E-state index contributed by atoms with van der Waals surface area (Å²) >= 11 is 0. The highest BCUT2D eigenvalue weighted by molar-refractivity contribution is 5.88. The monoisotopic (exact) mass is 189 g/mol. The Labute approximate surface area is 76.0 Å². The molecule has 0 atom stereocenters. The van der Waals surface area contributed by atoms with Gasteiger partial charge in [0.15, 0.2) is 0 Å². The number of carbonyl (C=O) groups excluding carboxylic acids is 1. The number of halogens is 2. The van der Waals surface area contributed by atoms with Crippen molar-refractivity contribution in [3.8, 4) is 0 Å². The molecule has 4 heteroatoms.